The summed E-state index contributed by atoms with van der Waals surface area (Å²) in [6, 6.07) is 8.59. The van der Waals surface area contributed by atoms with E-state index in [9.17, 15) is 14.4 Å². The van der Waals surface area contributed by atoms with Crippen molar-refractivity contribution in [3.05, 3.63) is 35.9 Å². The Hall–Kier alpha value is -2.15. The van der Waals surface area contributed by atoms with Crippen molar-refractivity contribution in [2.75, 3.05) is 5.75 Å². The number of benzene rings is 1. The molecule has 98 valence electrons. The van der Waals surface area contributed by atoms with E-state index >= 15 is 0 Å². The molecule has 7 heteroatoms. The number of hydrogen-bond acceptors (Lipinski definition) is 4. The van der Waals surface area contributed by atoms with Crippen LogP contribution >= 0.6 is 11.8 Å². The molecule has 1 aromatic rings. The van der Waals surface area contributed by atoms with Crippen LogP contribution in [0.4, 0.5) is 0 Å². The van der Waals surface area contributed by atoms with E-state index in [1.807, 2.05) is 0 Å². The van der Waals surface area contributed by atoms with Crippen LogP contribution in [0.1, 0.15) is 11.5 Å². The number of nitrogens with one attached hydrogen (secondary N) is 1. The van der Waals surface area contributed by atoms with E-state index in [1.54, 1.807) is 30.3 Å². The summed E-state index contributed by atoms with van der Waals surface area (Å²) in [6.07, 6.45) is 0. The molecule has 0 aromatic heterocycles. The zero-order chi connectivity index (χ0) is 13.8. The van der Waals surface area contributed by atoms with Gasteiger partial charge in [-0.25, -0.2) is 0 Å². The summed E-state index contributed by atoms with van der Waals surface area (Å²) in [6.45, 7) is 0. The Morgan fingerprint density at radius 1 is 1.32 bits per heavy atom. The van der Waals surface area contributed by atoms with E-state index in [0.717, 1.165) is 11.8 Å². The van der Waals surface area contributed by atoms with Crippen LogP contribution in [0.3, 0.4) is 0 Å². The second kappa shape index (κ2) is 5.66. The van der Waals surface area contributed by atoms with Crippen LogP contribution in [0.15, 0.2) is 35.3 Å². The molecule has 0 spiro atoms. The highest BCUT2D eigenvalue weighted by molar-refractivity contribution is 8.14. The largest absolute Gasteiger partial charge is 0.481 e. The molecule has 0 fully saturated rings. The van der Waals surface area contributed by atoms with Crippen molar-refractivity contribution in [1.29, 1.82) is 0 Å². The predicted octanol–water partition coefficient (Wildman–Crippen LogP) is 0.600. The van der Waals surface area contributed by atoms with Crippen LogP contribution in [0.25, 0.3) is 0 Å². The van der Waals surface area contributed by atoms with E-state index < -0.39 is 23.7 Å². The molecule has 6 nitrogen and oxygen atoms in total. The molecule has 2 N–H and O–H groups in total. The maximum absolute atomic E-state index is 11.9. The van der Waals surface area contributed by atoms with Crippen LogP contribution in [0, 0.1) is 0 Å². The minimum absolute atomic E-state index is 0.0320. The first-order chi connectivity index (χ1) is 9.08. The van der Waals surface area contributed by atoms with Gasteiger partial charge < -0.3 is 10.4 Å². The van der Waals surface area contributed by atoms with E-state index in [-0.39, 0.29) is 10.9 Å². The average molecular weight is 278 g/mol. The lowest BCUT2D eigenvalue weighted by molar-refractivity contribution is -0.134. The van der Waals surface area contributed by atoms with Gasteiger partial charge in [0.25, 0.3) is 5.91 Å². The topological polar surface area (TPSA) is 95.8 Å². The number of carbonyl (C=O) groups is 3. The number of carboxylic acids is 1. The van der Waals surface area contributed by atoms with Gasteiger partial charge in [0.1, 0.15) is 5.92 Å². The van der Waals surface area contributed by atoms with Crippen LogP contribution in [-0.4, -0.2) is 33.8 Å². The van der Waals surface area contributed by atoms with E-state index in [0.29, 0.717) is 5.56 Å². The van der Waals surface area contributed by atoms with E-state index in [2.05, 4.69) is 10.3 Å². The lowest BCUT2D eigenvalue weighted by Crippen LogP contribution is -2.41. The summed E-state index contributed by atoms with van der Waals surface area (Å²) in [7, 11) is 0. The highest BCUT2D eigenvalue weighted by Crippen LogP contribution is 2.21. The normalized spacial score (nSPS) is 18.7. The van der Waals surface area contributed by atoms with Crippen LogP contribution in [0.5, 0.6) is 0 Å². The summed E-state index contributed by atoms with van der Waals surface area (Å²) in [5.41, 5.74) is 0.566. The zero-order valence-electron chi connectivity index (χ0n) is 9.70. The summed E-state index contributed by atoms with van der Waals surface area (Å²) in [4.78, 5) is 37.9. The first-order valence-electron chi connectivity index (χ1n) is 5.41. The molecule has 2 amide bonds. The summed E-state index contributed by atoms with van der Waals surface area (Å²) >= 11 is 0.808. The molecule has 0 bridgehead atoms. The number of amides is 2. The molecular formula is C12H10N2O4S. The SMILES string of the molecule is O=C(O)CSC1=NC(=O)C(c2ccccc2)C(=O)N1. The van der Waals surface area contributed by atoms with Gasteiger partial charge in [-0.2, -0.15) is 4.99 Å². The molecular weight excluding hydrogens is 268 g/mol. The maximum Gasteiger partial charge on any atom is 0.313 e. The lowest BCUT2D eigenvalue weighted by atomic mass is 9.97. The number of aliphatic imine (C=N–C) groups is 1. The third-order valence-corrected chi connectivity index (χ3v) is 3.27. The summed E-state index contributed by atoms with van der Waals surface area (Å²) in [5, 5.41) is 11.0. The predicted molar refractivity (Wildman–Crippen MR) is 69.9 cm³/mol. The van der Waals surface area contributed by atoms with Gasteiger partial charge in [-0.3, -0.25) is 14.4 Å². The molecule has 0 saturated heterocycles. The molecule has 1 atom stereocenters. The van der Waals surface area contributed by atoms with Gasteiger partial charge in [0.15, 0.2) is 5.17 Å². The van der Waals surface area contributed by atoms with E-state index in [4.69, 9.17) is 5.11 Å². The quantitative estimate of drug-likeness (QED) is 0.789. The van der Waals surface area contributed by atoms with Gasteiger partial charge in [0, 0.05) is 0 Å². The molecule has 0 aliphatic carbocycles. The fourth-order valence-electron chi connectivity index (χ4n) is 1.62. The van der Waals surface area contributed by atoms with Crippen molar-refractivity contribution >= 4 is 34.7 Å². The Morgan fingerprint density at radius 2 is 2.00 bits per heavy atom. The van der Waals surface area contributed by atoms with Gasteiger partial charge in [-0.05, 0) is 5.56 Å². The first-order valence-corrected chi connectivity index (χ1v) is 6.39. The maximum atomic E-state index is 11.9. The lowest BCUT2D eigenvalue weighted by Gasteiger charge is -2.19. The standard InChI is InChI=1S/C12H10N2O4S/c15-8(16)6-19-12-13-10(17)9(11(18)14-12)7-4-2-1-3-5-7/h1-5,9H,6H2,(H,15,16)(H,13,14,17,18). The Balaban J connectivity index is 2.17. The van der Waals surface area contributed by atoms with Crippen LogP contribution in [0.2, 0.25) is 0 Å². The van der Waals surface area contributed by atoms with Crippen molar-refractivity contribution in [1.82, 2.24) is 5.32 Å². The fraction of sp³-hybridized carbons (Fsp3) is 0.167. The molecule has 1 aliphatic heterocycles. The molecule has 19 heavy (non-hydrogen) atoms. The third kappa shape index (κ3) is 3.19. The van der Waals surface area contributed by atoms with Crippen molar-refractivity contribution in [2.45, 2.75) is 5.92 Å². The number of amidine groups is 1. The van der Waals surface area contributed by atoms with Crippen LogP contribution in [-0.2, 0) is 14.4 Å². The molecule has 2 rings (SSSR count). The molecule has 1 unspecified atom stereocenters. The monoisotopic (exact) mass is 278 g/mol. The second-order valence-corrected chi connectivity index (χ2v) is 4.73. The fourth-order valence-corrected chi connectivity index (χ4v) is 2.21. The highest BCUT2D eigenvalue weighted by Gasteiger charge is 2.33. The number of aliphatic carboxylic acids is 1. The van der Waals surface area contributed by atoms with Crippen molar-refractivity contribution in [3.63, 3.8) is 0 Å². The average Bonchev–Trinajstić information content (AvgIpc) is 2.37. The Kier molecular flexibility index (Phi) is 3.96. The molecule has 0 radical (unpaired) electrons. The van der Waals surface area contributed by atoms with Crippen molar-refractivity contribution in [2.24, 2.45) is 4.99 Å². The Morgan fingerprint density at radius 3 is 2.58 bits per heavy atom. The summed E-state index contributed by atoms with van der Waals surface area (Å²) < 4.78 is 0. The minimum atomic E-state index is -1.04. The zero-order valence-corrected chi connectivity index (χ0v) is 10.5. The molecule has 1 aliphatic rings. The number of hydrogen-bond donors (Lipinski definition) is 2. The number of rotatable bonds is 3. The van der Waals surface area contributed by atoms with Crippen LogP contribution < -0.4 is 5.32 Å². The number of carbonyl (C=O) groups excluding carboxylic acids is 2. The molecule has 0 saturated carbocycles. The van der Waals surface area contributed by atoms with Gasteiger partial charge in [0.05, 0.1) is 5.75 Å². The van der Waals surface area contributed by atoms with Gasteiger partial charge in [0.2, 0.25) is 5.91 Å². The van der Waals surface area contributed by atoms with Crippen molar-refractivity contribution < 1.29 is 19.5 Å². The highest BCUT2D eigenvalue weighted by atomic mass is 32.2. The number of thioether (sulfide) groups is 1. The Bertz CT molecular complexity index is 556. The molecule has 1 heterocycles. The van der Waals surface area contributed by atoms with Gasteiger partial charge >= 0.3 is 5.97 Å². The second-order valence-electron chi connectivity index (χ2n) is 3.77. The van der Waals surface area contributed by atoms with Gasteiger partial charge in [-0.1, -0.05) is 42.1 Å². The third-order valence-electron chi connectivity index (χ3n) is 2.42. The number of nitrogens with zero attached hydrogens (tertiary/aromatic N) is 1. The van der Waals surface area contributed by atoms with E-state index in [1.165, 1.54) is 0 Å². The Labute approximate surface area is 112 Å². The minimum Gasteiger partial charge on any atom is -0.481 e. The first kappa shape index (κ1) is 13.3. The van der Waals surface area contributed by atoms with Gasteiger partial charge in [-0.15, -0.1) is 0 Å². The summed E-state index contributed by atoms with van der Waals surface area (Å²) in [5.74, 6) is -3.33. The molecule has 1 aromatic carbocycles. The van der Waals surface area contributed by atoms with Crippen molar-refractivity contribution in [3.8, 4) is 0 Å². The smallest absolute Gasteiger partial charge is 0.313 e. The number of carboxylic acid groups (broad SMARTS) is 1.